The summed E-state index contributed by atoms with van der Waals surface area (Å²) in [5.74, 6) is -0.749. The molecule has 0 aliphatic rings. The average Bonchev–Trinajstić information content (AvgIpc) is 2.72. The van der Waals surface area contributed by atoms with Gasteiger partial charge in [0.05, 0.1) is 6.04 Å². The Kier molecular flexibility index (Phi) is 6.06. The van der Waals surface area contributed by atoms with Gasteiger partial charge in [0.15, 0.2) is 0 Å². The van der Waals surface area contributed by atoms with E-state index in [1.165, 1.54) is 0 Å². The number of aromatic nitrogens is 1. The first kappa shape index (κ1) is 19.6. The van der Waals surface area contributed by atoms with Crippen molar-refractivity contribution in [2.45, 2.75) is 19.9 Å². The highest BCUT2D eigenvalue weighted by atomic mass is 35.5. The van der Waals surface area contributed by atoms with Crippen molar-refractivity contribution in [2.24, 2.45) is 0 Å². The van der Waals surface area contributed by atoms with Gasteiger partial charge in [-0.15, -0.1) is 0 Å². The van der Waals surface area contributed by atoms with E-state index in [4.69, 9.17) is 11.6 Å². The van der Waals surface area contributed by atoms with Crippen LogP contribution in [0.25, 0.3) is 0 Å². The second-order valence-corrected chi connectivity index (χ2v) is 6.79. The highest BCUT2D eigenvalue weighted by Crippen LogP contribution is 2.23. The molecule has 28 heavy (non-hydrogen) atoms. The molecule has 0 fully saturated rings. The Morgan fingerprint density at radius 3 is 2.25 bits per heavy atom. The maximum Gasteiger partial charge on any atom is 0.274 e. The van der Waals surface area contributed by atoms with Crippen molar-refractivity contribution in [2.75, 3.05) is 5.32 Å². The van der Waals surface area contributed by atoms with Crippen molar-refractivity contribution >= 4 is 29.1 Å². The van der Waals surface area contributed by atoms with Gasteiger partial charge in [-0.25, -0.2) is 4.98 Å². The van der Waals surface area contributed by atoms with Gasteiger partial charge in [-0.2, -0.15) is 0 Å². The molecule has 6 heteroatoms. The smallest absolute Gasteiger partial charge is 0.274 e. The molecular weight excluding hydrogens is 374 g/mol. The topological polar surface area (TPSA) is 71.1 Å². The average molecular weight is 394 g/mol. The molecule has 1 heterocycles. The first-order chi connectivity index (χ1) is 13.5. The first-order valence-electron chi connectivity index (χ1n) is 8.85. The van der Waals surface area contributed by atoms with Gasteiger partial charge < -0.3 is 10.6 Å². The van der Waals surface area contributed by atoms with Crippen LogP contribution in [0.4, 0.5) is 5.69 Å². The van der Waals surface area contributed by atoms with E-state index in [9.17, 15) is 9.59 Å². The highest BCUT2D eigenvalue weighted by Gasteiger charge is 2.16. The van der Waals surface area contributed by atoms with Crippen molar-refractivity contribution in [3.63, 3.8) is 0 Å². The van der Waals surface area contributed by atoms with E-state index < -0.39 is 5.91 Å². The molecule has 3 rings (SSSR count). The van der Waals surface area contributed by atoms with E-state index in [-0.39, 0.29) is 23.3 Å². The summed E-state index contributed by atoms with van der Waals surface area (Å²) in [5.41, 5.74) is 2.69. The minimum Gasteiger partial charge on any atom is -0.344 e. The summed E-state index contributed by atoms with van der Waals surface area (Å²) in [5, 5.41) is 6.24. The zero-order valence-electron chi connectivity index (χ0n) is 15.6. The normalized spacial score (nSPS) is 11.5. The molecule has 0 spiro atoms. The van der Waals surface area contributed by atoms with Crippen LogP contribution in [0.15, 0.2) is 66.7 Å². The summed E-state index contributed by atoms with van der Waals surface area (Å²) in [4.78, 5) is 29.3. The Labute approximate surface area is 168 Å². The Morgan fingerprint density at radius 1 is 0.893 bits per heavy atom. The third kappa shape index (κ3) is 4.56. The Bertz CT molecular complexity index is 1010. The van der Waals surface area contributed by atoms with E-state index in [0.29, 0.717) is 10.7 Å². The molecule has 0 aliphatic heterocycles. The molecule has 142 valence electrons. The van der Waals surface area contributed by atoms with Crippen molar-refractivity contribution in [3.8, 4) is 0 Å². The largest absolute Gasteiger partial charge is 0.344 e. The quantitative estimate of drug-likeness (QED) is 0.654. The molecular formula is C22H20ClN3O2. The summed E-state index contributed by atoms with van der Waals surface area (Å²) < 4.78 is 0. The van der Waals surface area contributed by atoms with Gasteiger partial charge in [0.2, 0.25) is 0 Å². The summed E-state index contributed by atoms with van der Waals surface area (Å²) in [7, 11) is 0. The van der Waals surface area contributed by atoms with Gasteiger partial charge in [0, 0.05) is 10.7 Å². The van der Waals surface area contributed by atoms with E-state index in [1.54, 1.807) is 36.4 Å². The molecule has 1 atom stereocenters. The van der Waals surface area contributed by atoms with Crippen LogP contribution in [0, 0.1) is 6.92 Å². The molecule has 0 aliphatic carbocycles. The number of nitrogens with zero attached hydrogens (tertiary/aromatic N) is 1. The van der Waals surface area contributed by atoms with Crippen molar-refractivity contribution in [3.05, 3.63) is 94.3 Å². The third-order valence-electron chi connectivity index (χ3n) is 4.38. The number of anilines is 1. The fourth-order valence-electron chi connectivity index (χ4n) is 2.71. The molecule has 2 N–H and O–H groups in total. The second kappa shape index (κ2) is 8.67. The number of halogens is 1. The SMILES string of the molecule is Cc1c(Cl)cccc1NC(=O)c1cccc(C(=O)NC(C)c2ccccc2)n1. The van der Waals surface area contributed by atoms with Gasteiger partial charge in [-0.3, -0.25) is 9.59 Å². The summed E-state index contributed by atoms with van der Waals surface area (Å²) in [6.07, 6.45) is 0. The lowest BCUT2D eigenvalue weighted by atomic mass is 10.1. The number of hydrogen-bond acceptors (Lipinski definition) is 3. The number of benzene rings is 2. The lowest BCUT2D eigenvalue weighted by Crippen LogP contribution is -2.28. The minimum absolute atomic E-state index is 0.152. The van der Waals surface area contributed by atoms with Crippen molar-refractivity contribution in [1.82, 2.24) is 10.3 Å². The molecule has 0 radical (unpaired) electrons. The van der Waals surface area contributed by atoms with Crippen LogP contribution in [0.3, 0.4) is 0 Å². The number of carbonyl (C=O) groups excluding carboxylic acids is 2. The van der Waals surface area contributed by atoms with Gasteiger partial charge in [0.25, 0.3) is 11.8 Å². The van der Waals surface area contributed by atoms with Crippen LogP contribution < -0.4 is 10.6 Å². The van der Waals surface area contributed by atoms with E-state index in [1.807, 2.05) is 44.2 Å². The van der Waals surface area contributed by atoms with E-state index in [2.05, 4.69) is 15.6 Å². The fourth-order valence-corrected chi connectivity index (χ4v) is 2.89. The molecule has 0 saturated carbocycles. The third-order valence-corrected chi connectivity index (χ3v) is 4.79. The molecule has 1 unspecified atom stereocenters. The molecule has 5 nitrogen and oxygen atoms in total. The second-order valence-electron chi connectivity index (χ2n) is 6.38. The van der Waals surface area contributed by atoms with Crippen LogP contribution in [-0.4, -0.2) is 16.8 Å². The maximum atomic E-state index is 12.5. The summed E-state index contributed by atoms with van der Waals surface area (Å²) in [6.45, 7) is 3.71. The Morgan fingerprint density at radius 2 is 1.54 bits per heavy atom. The number of carbonyl (C=O) groups is 2. The van der Waals surface area contributed by atoms with Crippen molar-refractivity contribution < 1.29 is 9.59 Å². The fraction of sp³-hybridized carbons (Fsp3) is 0.136. The standard InChI is InChI=1S/C22H20ClN3O2/c1-14-17(23)10-6-11-18(14)26-22(28)20-13-7-12-19(25-20)21(27)24-15(2)16-8-4-3-5-9-16/h3-13,15H,1-2H3,(H,24,27)(H,26,28). The lowest BCUT2D eigenvalue weighted by molar-refractivity contribution is 0.0934. The number of nitrogens with one attached hydrogen (secondary N) is 2. The molecule has 0 saturated heterocycles. The Balaban J connectivity index is 1.73. The lowest BCUT2D eigenvalue weighted by Gasteiger charge is -2.14. The van der Waals surface area contributed by atoms with Gasteiger partial charge in [0.1, 0.15) is 11.4 Å². The number of pyridine rings is 1. The zero-order chi connectivity index (χ0) is 20.1. The molecule has 1 aromatic heterocycles. The van der Waals surface area contributed by atoms with Crippen LogP contribution in [0.2, 0.25) is 5.02 Å². The zero-order valence-corrected chi connectivity index (χ0v) is 16.3. The van der Waals surface area contributed by atoms with Crippen LogP contribution >= 0.6 is 11.6 Å². The minimum atomic E-state index is -0.406. The van der Waals surface area contributed by atoms with Gasteiger partial charge in [-0.05, 0) is 49.2 Å². The van der Waals surface area contributed by atoms with E-state index >= 15 is 0 Å². The van der Waals surface area contributed by atoms with Crippen LogP contribution in [0.5, 0.6) is 0 Å². The predicted octanol–water partition coefficient (Wildman–Crippen LogP) is 4.79. The molecule has 2 amide bonds. The first-order valence-corrected chi connectivity index (χ1v) is 9.23. The van der Waals surface area contributed by atoms with Gasteiger partial charge in [-0.1, -0.05) is 54.1 Å². The van der Waals surface area contributed by atoms with Gasteiger partial charge >= 0.3 is 0 Å². The number of rotatable bonds is 5. The molecule has 3 aromatic rings. The summed E-state index contributed by atoms with van der Waals surface area (Å²) in [6, 6.07) is 19.5. The summed E-state index contributed by atoms with van der Waals surface area (Å²) >= 11 is 6.09. The van der Waals surface area contributed by atoms with E-state index in [0.717, 1.165) is 11.1 Å². The predicted molar refractivity (Wildman–Crippen MR) is 111 cm³/mol. The molecule has 0 bridgehead atoms. The number of amides is 2. The highest BCUT2D eigenvalue weighted by molar-refractivity contribution is 6.31. The number of hydrogen-bond donors (Lipinski definition) is 2. The van der Waals surface area contributed by atoms with Crippen LogP contribution in [0.1, 0.15) is 45.1 Å². The Hall–Kier alpha value is -3.18. The van der Waals surface area contributed by atoms with Crippen LogP contribution in [-0.2, 0) is 0 Å². The molecule has 2 aromatic carbocycles. The van der Waals surface area contributed by atoms with Crippen molar-refractivity contribution in [1.29, 1.82) is 0 Å². The maximum absolute atomic E-state index is 12.5. The monoisotopic (exact) mass is 393 g/mol.